The van der Waals surface area contributed by atoms with Crippen molar-refractivity contribution in [3.05, 3.63) is 0 Å². The van der Waals surface area contributed by atoms with Crippen LogP contribution in [0.2, 0.25) is 0 Å². The molecule has 1 aliphatic rings. The van der Waals surface area contributed by atoms with E-state index in [4.69, 9.17) is 5.11 Å². The Morgan fingerprint density at radius 1 is 1.31 bits per heavy atom. The standard InChI is InChI=1S/C11H20N2O3/c1-2-6-9(10(14)15)12-11(16)13-7-4-3-5-8-13/h9H,2-8H2,1H3,(H,12,16)(H,14,15)/t9-/m1/s1. The fraction of sp³-hybridized carbons (Fsp3) is 0.818. The molecule has 0 unspecified atom stereocenters. The van der Waals surface area contributed by atoms with Gasteiger partial charge in [0.2, 0.25) is 0 Å². The first-order chi connectivity index (χ1) is 7.65. The smallest absolute Gasteiger partial charge is 0.326 e. The van der Waals surface area contributed by atoms with Gasteiger partial charge in [-0.05, 0) is 25.7 Å². The molecule has 5 heteroatoms. The molecule has 1 rings (SSSR count). The maximum Gasteiger partial charge on any atom is 0.326 e. The Hall–Kier alpha value is -1.26. The molecule has 92 valence electrons. The molecule has 2 amide bonds. The lowest BCUT2D eigenvalue weighted by atomic mass is 10.1. The number of aliphatic carboxylic acids is 1. The van der Waals surface area contributed by atoms with Gasteiger partial charge < -0.3 is 15.3 Å². The number of carboxylic acids is 1. The van der Waals surface area contributed by atoms with Gasteiger partial charge in [0.25, 0.3) is 0 Å². The molecule has 5 nitrogen and oxygen atoms in total. The van der Waals surface area contributed by atoms with Gasteiger partial charge in [0.05, 0.1) is 0 Å². The Kier molecular flexibility index (Phi) is 5.08. The second-order valence-electron chi connectivity index (χ2n) is 4.18. The van der Waals surface area contributed by atoms with Gasteiger partial charge in [-0.1, -0.05) is 13.3 Å². The van der Waals surface area contributed by atoms with Crippen LogP contribution in [0.1, 0.15) is 39.0 Å². The van der Waals surface area contributed by atoms with Crippen molar-refractivity contribution in [1.29, 1.82) is 0 Å². The number of hydrogen-bond donors (Lipinski definition) is 2. The Morgan fingerprint density at radius 3 is 2.44 bits per heavy atom. The first-order valence-corrected chi connectivity index (χ1v) is 5.93. The molecular formula is C11H20N2O3. The van der Waals surface area contributed by atoms with Gasteiger partial charge in [-0.3, -0.25) is 0 Å². The highest BCUT2D eigenvalue weighted by molar-refractivity contribution is 5.82. The zero-order chi connectivity index (χ0) is 12.0. The highest BCUT2D eigenvalue weighted by atomic mass is 16.4. The molecule has 1 atom stereocenters. The molecule has 1 heterocycles. The van der Waals surface area contributed by atoms with E-state index >= 15 is 0 Å². The van der Waals surface area contributed by atoms with Gasteiger partial charge >= 0.3 is 12.0 Å². The largest absolute Gasteiger partial charge is 0.480 e. The van der Waals surface area contributed by atoms with E-state index in [0.29, 0.717) is 6.42 Å². The summed E-state index contributed by atoms with van der Waals surface area (Å²) >= 11 is 0. The first kappa shape index (κ1) is 12.8. The molecule has 1 saturated heterocycles. The van der Waals surface area contributed by atoms with E-state index < -0.39 is 12.0 Å². The molecule has 0 bridgehead atoms. The average molecular weight is 228 g/mol. The van der Waals surface area contributed by atoms with Gasteiger partial charge in [0, 0.05) is 13.1 Å². The minimum Gasteiger partial charge on any atom is -0.480 e. The predicted molar refractivity (Wildman–Crippen MR) is 60.3 cm³/mol. The van der Waals surface area contributed by atoms with E-state index in [-0.39, 0.29) is 6.03 Å². The molecule has 0 aromatic carbocycles. The summed E-state index contributed by atoms with van der Waals surface area (Å²) in [5.41, 5.74) is 0. The third-order valence-electron chi connectivity index (χ3n) is 2.82. The second-order valence-corrected chi connectivity index (χ2v) is 4.18. The first-order valence-electron chi connectivity index (χ1n) is 5.93. The van der Waals surface area contributed by atoms with Crippen LogP contribution in [0.5, 0.6) is 0 Å². The van der Waals surface area contributed by atoms with Gasteiger partial charge in [-0.25, -0.2) is 9.59 Å². The van der Waals surface area contributed by atoms with Crippen LogP contribution in [0, 0.1) is 0 Å². The van der Waals surface area contributed by atoms with E-state index in [1.54, 1.807) is 4.90 Å². The lowest BCUT2D eigenvalue weighted by Gasteiger charge is -2.28. The summed E-state index contributed by atoms with van der Waals surface area (Å²) in [6.45, 7) is 3.39. The van der Waals surface area contributed by atoms with Crippen molar-refractivity contribution in [3.8, 4) is 0 Å². The van der Waals surface area contributed by atoms with Gasteiger partial charge in [0.15, 0.2) is 0 Å². The van der Waals surface area contributed by atoms with Crippen molar-refractivity contribution < 1.29 is 14.7 Å². The van der Waals surface area contributed by atoms with Gasteiger partial charge in [-0.2, -0.15) is 0 Å². The van der Waals surface area contributed by atoms with Crippen molar-refractivity contribution in [2.45, 2.75) is 45.1 Å². The molecule has 0 aromatic rings. The summed E-state index contributed by atoms with van der Waals surface area (Å²) in [6.07, 6.45) is 4.41. The summed E-state index contributed by atoms with van der Waals surface area (Å²) in [6, 6.07) is -0.986. The van der Waals surface area contributed by atoms with E-state index in [2.05, 4.69) is 5.32 Å². The lowest BCUT2D eigenvalue weighted by molar-refractivity contribution is -0.139. The number of nitrogens with zero attached hydrogens (tertiary/aromatic N) is 1. The topological polar surface area (TPSA) is 69.6 Å². The fourth-order valence-corrected chi connectivity index (χ4v) is 1.88. The van der Waals surface area contributed by atoms with E-state index in [1.165, 1.54) is 0 Å². The Labute approximate surface area is 95.8 Å². The molecule has 16 heavy (non-hydrogen) atoms. The summed E-state index contributed by atoms with van der Waals surface area (Å²) in [4.78, 5) is 24.3. The summed E-state index contributed by atoms with van der Waals surface area (Å²) in [5.74, 6) is -0.952. The van der Waals surface area contributed by atoms with Crippen molar-refractivity contribution in [1.82, 2.24) is 10.2 Å². The number of carbonyl (C=O) groups is 2. The van der Waals surface area contributed by atoms with Crippen molar-refractivity contribution >= 4 is 12.0 Å². The second kappa shape index (κ2) is 6.35. The SMILES string of the molecule is CCC[C@@H](NC(=O)N1CCCCC1)C(=O)O. The highest BCUT2D eigenvalue weighted by Gasteiger charge is 2.23. The number of piperidine rings is 1. The number of hydrogen-bond acceptors (Lipinski definition) is 2. The minimum atomic E-state index is -0.952. The highest BCUT2D eigenvalue weighted by Crippen LogP contribution is 2.09. The number of urea groups is 1. The van der Waals surface area contributed by atoms with Crippen LogP contribution in [0.25, 0.3) is 0 Å². The number of amides is 2. The van der Waals surface area contributed by atoms with Crippen LogP contribution in [-0.4, -0.2) is 41.1 Å². The fourth-order valence-electron chi connectivity index (χ4n) is 1.88. The van der Waals surface area contributed by atoms with Crippen LogP contribution >= 0.6 is 0 Å². The Balaban J connectivity index is 2.43. The van der Waals surface area contributed by atoms with Crippen LogP contribution in [0.15, 0.2) is 0 Å². The molecule has 0 aromatic heterocycles. The van der Waals surface area contributed by atoms with Crippen molar-refractivity contribution in [2.24, 2.45) is 0 Å². The Bertz CT molecular complexity index is 250. The molecule has 1 fully saturated rings. The normalized spacial score (nSPS) is 17.9. The van der Waals surface area contributed by atoms with Crippen LogP contribution < -0.4 is 5.32 Å². The molecule has 0 spiro atoms. The van der Waals surface area contributed by atoms with Crippen LogP contribution in [0.4, 0.5) is 4.79 Å². The number of likely N-dealkylation sites (tertiary alicyclic amines) is 1. The zero-order valence-electron chi connectivity index (χ0n) is 9.74. The van der Waals surface area contributed by atoms with Gasteiger partial charge in [-0.15, -0.1) is 0 Å². The summed E-state index contributed by atoms with van der Waals surface area (Å²) < 4.78 is 0. The summed E-state index contributed by atoms with van der Waals surface area (Å²) in [5, 5.41) is 11.5. The van der Waals surface area contributed by atoms with Crippen molar-refractivity contribution in [2.75, 3.05) is 13.1 Å². The number of carboxylic acid groups (broad SMARTS) is 1. The van der Waals surface area contributed by atoms with Crippen LogP contribution in [-0.2, 0) is 4.79 Å². The molecule has 1 aliphatic heterocycles. The molecule has 0 radical (unpaired) electrons. The summed E-state index contributed by atoms with van der Waals surface area (Å²) in [7, 11) is 0. The molecule has 2 N–H and O–H groups in total. The maximum absolute atomic E-state index is 11.7. The third-order valence-corrected chi connectivity index (χ3v) is 2.82. The number of rotatable bonds is 4. The molecule has 0 saturated carbocycles. The third kappa shape index (κ3) is 3.72. The maximum atomic E-state index is 11.7. The quantitative estimate of drug-likeness (QED) is 0.764. The number of nitrogens with one attached hydrogen (secondary N) is 1. The Morgan fingerprint density at radius 2 is 1.94 bits per heavy atom. The van der Waals surface area contributed by atoms with E-state index in [0.717, 1.165) is 38.8 Å². The van der Waals surface area contributed by atoms with Crippen LogP contribution in [0.3, 0.4) is 0 Å². The molecule has 0 aliphatic carbocycles. The zero-order valence-corrected chi connectivity index (χ0v) is 9.74. The van der Waals surface area contributed by atoms with Gasteiger partial charge in [0.1, 0.15) is 6.04 Å². The van der Waals surface area contributed by atoms with E-state index in [9.17, 15) is 9.59 Å². The lowest BCUT2D eigenvalue weighted by Crippen LogP contribution is -2.49. The molecular weight excluding hydrogens is 208 g/mol. The number of carbonyl (C=O) groups excluding carboxylic acids is 1. The van der Waals surface area contributed by atoms with Crippen molar-refractivity contribution in [3.63, 3.8) is 0 Å². The predicted octanol–water partition coefficient (Wildman–Crippen LogP) is 1.44. The monoisotopic (exact) mass is 228 g/mol. The van der Waals surface area contributed by atoms with E-state index in [1.807, 2.05) is 6.92 Å². The minimum absolute atomic E-state index is 0.236. The average Bonchev–Trinajstić information content (AvgIpc) is 2.29.